The highest BCUT2D eigenvalue weighted by Crippen LogP contribution is 2.21. The van der Waals surface area contributed by atoms with Crippen LogP contribution in [0.1, 0.15) is 25.7 Å². The van der Waals surface area contributed by atoms with Gasteiger partial charge in [-0.05, 0) is 74.2 Å². The number of carbonyl (C=O) groups is 2. The quantitative estimate of drug-likeness (QED) is 0.517. The Morgan fingerprint density at radius 3 is 1.41 bits per heavy atom. The third kappa shape index (κ3) is 6.34. The second kappa shape index (κ2) is 8.77. The molecule has 2 aliphatic rings. The predicted octanol–water partition coefficient (Wildman–Crippen LogP) is 2.98. The van der Waals surface area contributed by atoms with Crippen LogP contribution in [0.2, 0.25) is 0 Å². The Hall–Kier alpha value is -3.36. The molecule has 0 aromatic heterocycles. The van der Waals surface area contributed by atoms with Gasteiger partial charge in [-0.1, -0.05) is 0 Å². The number of nitrogens with one attached hydrogen (secondary N) is 4. The van der Waals surface area contributed by atoms with Gasteiger partial charge in [0.25, 0.3) is 0 Å². The lowest BCUT2D eigenvalue weighted by Gasteiger charge is -2.10. The van der Waals surface area contributed by atoms with Crippen molar-refractivity contribution >= 4 is 31.1 Å². The van der Waals surface area contributed by atoms with Crippen LogP contribution in [0.25, 0.3) is 0 Å². The zero-order valence-corrected chi connectivity index (χ0v) is 15.9. The normalized spacial score (nSPS) is 15.0. The number of rotatable bonds is 8. The van der Waals surface area contributed by atoms with E-state index >= 15 is 0 Å². The van der Waals surface area contributed by atoms with Gasteiger partial charge >= 0.3 is 19.7 Å². The first-order valence-electron chi connectivity index (χ1n) is 9.75. The molecule has 0 bridgehead atoms. The lowest BCUT2D eigenvalue weighted by atomic mass is 10.2. The molecular formula is C20H23BN4O4. The first kappa shape index (κ1) is 19.0. The number of amides is 4. The summed E-state index contributed by atoms with van der Waals surface area (Å²) < 4.78 is 11.1. The molecule has 8 nitrogen and oxygen atoms in total. The van der Waals surface area contributed by atoms with E-state index in [1.807, 2.05) is 0 Å². The van der Waals surface area contributed by atoms with Gasteiger partial charge in [0, 0.05) is 23.5 Å². The summed E-state index contributed by atoms with van der Waals surface area (Å²) in [7, 11) is 0.0455. The van der Waals surface area contributed by atoms with Crippen LogP contribution >= 0.6 is 0 Å². The summed E-state index contributed by atoms with van der Waals surface area (Å²) in [5.41, 5.74) is 1.40. The van der Waals surface area contributed by atoms with E-state index in [9.17, 15) is 9.59 Å². The summed E-state index contributed by atoms with van der Waals surface area (Å²) in [4.78, 5) is 23.4. The summed E-state index contributed by atoms with van der Waals surface area (Å²) in [5, 5.41) is 11.3. The van der Waals surface area contributed by atoms with Gasteiger partial charge in [0.2, 0.25) is 0 Å². The molecule has 0 saturated heterocycles. The maximum Gasteiger partial charge on any atom is 0.576 e. The largest absolute Gasteiger partial charge is 0.576 e. The van der Waals surface area contributed by atoms with Crippen molar-refractivity contribution in [1.82, 2.24) is 10.6 Å². The highest BCUT2D eigenvalue weighted by Gasteiger charge is 2.23. The molecule has 29 heavy (non-hydrogen) atoms. The lowest BCUT2D eigenvalue weighted by Crippen LogP contribution is -2.30. The summed E-state index contributed by atoms with van der Waals surface area (Å²) >= 11 is 0. The monoisotopic (exact) mass is 394 g/mol. The van der Waals surface area contributed by atoms with E-state index in [4.69, 9.17) is 9.31 Å². The maximum atomic E-state index is 11.7. The van der Waals surface area contributed by atoms with E-state index < -0.39 is 0 Å². The number of carbonyl (C=O) groups excluding carboxylic acids is 2. The Kier molecular flexibility index (Phi) is 5.74. The molecule has 2 aromatic carbocycles. The van der Waals surface area contributed by atoms with E-state index in [1.54, 1.807) is 48.5 Å². The summed E-state index contributed by atoms with van der Waals surface area (Å²) in [5.74, 6) is 1.27. The minimum absolute atomic E-state index is 0.0455. The van der Waals surface area contributed by atoms with Gasteiger partial charge in [-0.15, -0.1) is 0 Å². The van der Waals surface area contributed by atoms with Gasteiger partial charge in [-0.2, -0.15) is 0 Å². The Labute approximate surface area is 169 Å². The molecule has 9 heteroatoms. The fourth-order valence-electron chi connectivity index (χ4n) is 2.60. The summed E-state index contributed by atoms with van der Waals surface area (Å²) in [6, 6.07) is 14.4. The molecule has 4 amide bonds. The number of hydrogen-bond donors (Lipinski definition) is 4. The van der Waals surface area contributed by atoms with E-state index in [-0.39, 0.29) is 19.7 Å². The molecule has 0 atom stereocenters. The van der Waals surface area contributed by atoms with Gasteiger partial charge < -0.3 is 30.6 Å². The number of benzene rings is 2. The zero-order valence-electron chi connectivity index (χ0n) is 15.9. The highest BCUT2D eigenvalue weighted by molar-refractivity contribution is 6.20. The van der Waals surface area contributed by atoms with Crippen molar-refractivity contribution in [1.29, 1.82) is 0 Å². The van der Waals surface area contributed by atoms with Gasteiger partial charge in [-0.3, -0.25) is 0 Å². The molecule has 2 aromatic rings. The first-order valence-corrected chi connectivity index (χ1v) is 9.75. The van der Waals surface area contributed by atoms with Gasteiger partial charge in [0.05, 0.1) is 0 Å². The molecular weight excluding hydrogens is 371 g/mol. The van der Waals surface area contributed by atoms with E-state index in [2.05, 4.69) is 21.3 Å². The van der Waals surface area contributed by atoms with Crippen LogP contribution in [0.3, 0.4) is 0 Å². The van der Waals surface area contributed by atoms with Crippen LogP contribution in [0.4, 0.5) is 21.0 Å². The smallest absolute Gasteiger partial charge is 0.529 e. The van der Waals surface area contributed by atoms with Gasteiger partial charge in [0.1, 0.15) is 11.5 Å². The number of urea groups is 2. The van der Waals surface area contributed by atoms with Crippen LogP contribution in [0.15, 0.2) is 48.5 Å². The Morgan fingerprint density at radius 2 is 1.07 bits per heavy atom. The Balaban J connectivity index is 1.17. The molecule has 0 aliphatic heterocycles. The molecule has 4 rings (SSSR count). The lowest BCUT2D eigenvalue weighted by molar-refractivity contribution is 0.251. The molecule has 2 fully saturated rings. The molecule has 4 N–H and O–H groups in total. The second-order valence-corrected chi connectivity index (χ2v) is 7.20. The van der Waals surface area contributed by atoms with Crippen molar-refractivity contribution in [2.45, 2.75) is 37.8 Å². The fourth-order valence-corrected chi connectivity index (χ4v) is 2.60. The maximum absolute atomic E-state index is 11.7. The Bertz CT molecular complexity index is 780. The topological polar surface area (TPSA) is 101 Å². The number of anilines is 2. The molecule has 0 radical (unpaired) electrons. The van der Waals surface area contributed by atoms with Gasteiger partial charge in [-0.25, -0.2) is 9.59 Å². The number of hydrogen-bond acceptors (Lipinski definition) is 4. The van der Waals surface area contributed by atoms with E-state index in [0.717, 1.165) is 25.7 Å². The Morgan fingerprint density at radius 1 is 0.690 bits per heavy atom. The molecule has 0 heterocycles. The predicted molar refractivity (Wildman–Crippen MR) is 112 cm³/mol. The van der Waals surface area contributed by atoms with Crippen LogP contribution in [0, 0.1) is 0 Å². The zero-order chi connectivity index (χ0) is 20.1. The van der Waals surface area contributed by atoms with Crippen molar-refractivity contribution in [2.24, 2.45) is 0 Å². The highest BCUT2D eigenvalue weighted by atomic mass is 16.6. The molecule has 150 valence electrons. The fraction of sp³-hybridized carbons (Fsp3) is 0.300. The molecule has 2 saturated carbocycles. The third-order valence-corrected chi connectivity index (χ3v) is 4.50. The van der Waals surface area contributed by atoms with E-state index in [0.29, 0.717) is 35.0 Å². The minimum atomic E-state index is -0.188. The van der Waals surface area contributed by atoms with Crippen molar-refractivity contribution < 1.29 is 18.9 Å². The molecule has 0 spiro atoms. The van der Waals surface area contributed by atoms with Crippen molar-refractivity contribution in [3.05, 3.63) is 48.5 Å². The van der Waals surface area contributed by atoms with E-state index in [1.165, 1.54) is 0 Å². The SMILES string of the molecule is O=C(Nc1ccc(OBOc2ccc(NC(=O)NC3CC3)cc2)cc1)NC1CC1. The molecule has 0 unspecified atom stereocenters. The van der Waals surface area contributed by atoms with Crippen molar-refractivity contribution in [2.75, 3.05) is 10.6 Å². The first-order chi connectivity index (χ1) is 14.1. The van der Waals surface area contributed by atoms with Crippen molar-refractivity contribution in [3.8, 4) is 11.5 Å². The summed E-state index contributed by atoms with van der Waals surface area (Å²) in [6.07, 6.45) is 4.20. The summed E-state index contributed by atoms with van der Waals surface area (Å²) in [6.45, 7) is 0. The van der Waals surface area contributed by atoms with Crippen LogP contribution in [-0.2, 0) is 0 Å². The minimum Gasteiger partial charge on any atom is -0.529 e. The standard InChI is InChI=1S/C20H23BN4O4/c26-19(22-13-1-2-13)24-15-5-9-17(10-6-15)28-21-29-18-11-7-16(8-12-18)25-20(27)23-14-3-4-14/h5-14,21H,1-4H2,(H2,22,24,26)(H2,23,25,27). The van der Waals surface area contributed by atoms with Gasteiger partial charge in [0.15, 0.2) is 0 Å². The third-order valence-electron chi connectivity index (χ3n) is 4.50. The average Bonchev–Trinajstić information content (AvgIpc) is 3.62. The van der Waals surface area contributed by atoms with Crippen LogP contribution in [-0.4, -0.2) is 31.8 Å². The second-order valence-electron chi connectivity index (χ2n) is 7.20. The molecule has 2 aliphatic carbocycles. The van der Waals surface area contributed by atoms with Crippen molar-refractivity contribution in [3.63, 3.8) is 0 Å². The average molecular weight is 394 g/mol. The van der Waals surface area contributed by atoms with Crippen LogP contribution < -0.4 is 30.6 Å². The van der Waals surface area contributed by atoms with Crippen LogP contribution in [0.5, 0.6) is 11.5 Å².